The summed E-state index contributed by atoms with van der Waals surface area (Å²) < 4.78 is 5.30. The first kappa shape index (κ1) is 12.1. The zero-order valence-electron chi connectivity index (χ0n) is 9.73. The van der Waals surface area contributed by atoms with Crippen LogP contribution in [0.1, 0.15) is 31.7 Å². The summed E-state index contributed by atoms with van der Waals surface area (Å²) in [5.41, 5.74) is 1.11. The lowest BCUT2D eigenvalue weighted by atomic mass is 9.90. The van der Waals surface area contributed by atoms with E-state index in [0.717, 1.165) is 17.7 Å². The zero-order valence-corrected chi connectivity index (χ0v) is 9.73. The van der Waals surface area contributed by atoms with Crippen molar-refractivity contribution < 1.29 is 9.84 Å². The lowest BCUT2D eigenvalue weighted by Gasteiger charge is -2.19. The summed E-state index contributed by atoms with van der Waals surface area (Å²) in [6, 6.07) is 7.91. The molecular weight excluding hydrogens is 188 g/mol. The minimum atomic E-state index is 0.179. The molecule has 0 spiro atoms. The number of aliphatic hydroxyl groups excluding tert-OH is 1. The van der Waals surface area contributed by atoms with Gasteiger partial charge in [0.1, 0.15) is 5.75 Å². The third-order valence-electron chi connectivity index (χ3n) is 2.56. The largest absolute Gasteiger partial charge is 0.496 e. The Morgan fingerprint density at radius 3 is 2.47 bits per heavy atom. The molecular formula is C13H20O2. The molecule has 0 heterocycles. The van der Waals surface area contributed by atoms with Crippen molar-refractivity contribution in [2.24, 2.45) is 5.92 Å². The molecule has 15 heavy (non-hydrogen) atoms. The van der Waals surface area contributed by atoms with Crippen LogP contribution in [-0.4, -0.2) is 18.8 Å². The van der Waals surface area contributed by atoms with Crippen LogP contribution in [0.3, 0.4) is 0 Å². The Morgan fingerprint density at radius 2 is 1.93 bits per heavy atom. The number of benzene rings is 1. The molecule has 0 saturated heterocycles. The summed E-state index contributed by atoms with van der Waals surface area (Å²) in [4.78, 5) is 0. The van der Waals surface area contributed by atoms with Crippen LogP contribution in [0.4, 0.5) is 0 Å². The molecule has 0 amide bonds. The summed E-state index contributed by atoms with van der Waals surface area (Å²) >= 11 is 0. The lowest BCUT2D eigenvalue weighted by Crippen LogP contribution is -2.09. The predicted molar refractivity (Wildman–Crippen MR) is 62.3 cm³/mol. The standard InChI is InChI=1S/C13H20O2/c1-10(2)8-11(9-14)12-6-4-5-7-13(12)15-3/h4-7,10-11,14H,8-9H2,1-3H3. The van der Waals surface area contributed by atoms with Gasteiger partial charge in [-0.3, -0.25) is 0 Å². The zero-order chi connectivity index (χ0) is 11.3. The van der Waals surface area contributed by atoms with E-state index in [2.05, 4.69) is 13.8 Å². The highest BCUT2D eigenvalue weighted by atomic mass is 16.5. The van der Waals surface area contributed by atoms with Crippen LogP contribution in [0.2, 0.25) is 0 Å². The molecule has 1 aromatic rings. The summed E-state index contributed by atoms with van der Waals surface area (Å²) in [5.74, 6) is 1.63. The van der Waals surface area contributed by atoms with Gasteiger partial charge in [-0.25, -0.2) is 0 Å². The maximum atomic E-state index is 9.39. The third kappa shape index (κ3) is 3.24. The highest BCUT2D eigenvalue weighted by Gasteiger charge is 2.15. The molecule has 1 aromatic carbocycles. The van der Waals surface area contributed by atoms with Crippen molar-refractivity contribution in [3.05, 3.63) is 29.8 Å². The molecule has 0 saturated carbocycles. The maximum absolute atomic E-state index is 9.39. The number of hydrogen-bond acceptors (Lipinski definition) is 2. The van der Waals surface area contributed by atoms with Gasteiger partial charge in [0.05, 0.1) is 13.7 Å². The lowest BCUT2D eigenvalue weighted by molar-refractivity contribution is 0.245. The number of ether oxygens (including phenoxy) is 1. The van der Waals surface area contributed by atoms with Gasteiger partial charge in [-0.2, -0.15) is 0 Å². The Kier molecular flexibility index (Phi) is 4.63. The average molecular weight is 208 g/mol. The van der Waals surface area contributed by atoms with Crippen molar-refractivity contribution >= 4 is 0 Å². The van der Waals surface area contributed by atoms with E-state index in [0.29, 0.717) is 5.92 Å². The predicted octanol–water partition coefficient (Wildman–Crippen LogP) is 2.82. The van der Waals surface area contributed by atoms with Crippen LogP contribution in [0.25, 0.3) is 0 Å². The fourth-order valence-electron chi connectivity index (χ4n) is 1.87. The van der Waals surface area contributed by atoms with Crippen molar-refractivity contribution in [1.82, 2.24) is 0 Å². The molecule has 84 valence electrons. The minimum Gasteiger partial charge on any atom is -0.496 e. The second-order valence-electron chi connectivity index (χ2n) is 4.25. The SMILES string of the molecule is COc1ccccc1C(CO)CC(C)C. The van der Waals surface area contributed by atoms with E-state index < -0.39 is 0 Å². The van der Waals surface area contributed by atoms with E-state index in [1.165, 1.54) is 0 Å². The van der Waals surface area contributed by atoms with Crippen molar-refractivity contribution in [2.75, 3.05) is 13.7 Å². The first-order valence-electron chi connectivity index (χ1n) is 5.42. The molecule has 2 nitrogen and oxygen atoms in total. The van der Waals surface area contributed by atoms with Crippen LogP contribution in [0.15, 0.2) is 24.3 Å². The van der Waals surface area contributed by atoms with E-state index in [-0.39, 0.29) is 12.5 Å². The number of aliphatic hydroxyl groups is 1. The van der Waals surface area contributed by atoms with Gasteiger partial charge in [0.15, 0.2) is 0 Å². The molecule has 0 radical (unpaired) electrons. The first-order chi connectivity index (χ1) is 7.19. The number of para-hydroxylation sites is 1. The number of methoxy groups -OCH3 is 1. The third-order valence-corrected chi connectivity index (χ3v) is 2.56. The van der Waals surface area contributed by atoms with Crippen molar-refractivity contribution in [3.8, 4) is 5.75 Å². The normalized spacial score (nSPS) is 12.9. The second-order valence-corrected chi connectivity index (χ2v) is 4.25. The van der Waals surface area contributed by atoms with Gasteiger partial charge >= 0.3 is 0 Å². The van der Waals surface area contributed by atoms with E-state index in [4.69, 9.17) is 4.74 Å². The summed E-state index contributed by atoms with van der Waals surface area (Å²) in [6.07, 6.45) is 0.983. The Balaban J connectivity index is 2.90. The smallest absolute Gasteiger partial charge is 0.122 e. The van der Waals surface area contributed by atoms with Crippen LogP contribution in [-0.2, 0) is 0 Å². The highest BCUT2D eigenvalue weighted by molar-refractivity contribution is 5.36. The molecule has 1 atom stereocenters. The van der Waals surface area contributed by atoms with E-state index >= 15 is 0 Å². The quantitative estimate of drug-likeness (QED) is 0.806. The Hall–Kier alpha value is -1.02. The second kappa shape index (κ2) is 5.76. The average Bonchev–Trinajstić information content (AvgIpc) is 2.25. The van der Waals surface area contributed by atoms with E-state index in [1.807, 2.05) is 24.3 Å². The molecule has 0 aromatic heterocycles. The summed E-state index contributed by atoms with van der Waals surface area (Å²) in [5, 5.41) is 9.39. The molecule has 1 N–H and O–H groups in total. The van der Waals surface area contributed by atoms with Crippen LogP contribution >= 0.6 is 0 Å². The van der Waals surface area contributed by atoms with E-state index in [9.17, 15) is 5.11 Å². The van der Waals surface area contributed by atoms with Crippen molar-refractivity contribution in [2.45, 2.75) is 26.2 Å². The number of hydrogen-bond donors (Lipinski definition) is 1. The van der Waals surface area contributed by atoms with Gasteiger partial charge in [-0.05, 0) is 24.0 Å². The molecule has 2 heteroatoms. The van der Waals surface area contributed by atoms with Gasteiger partial charge in [0.25, 0.3) is 0 Å². The molecule has 0 aliphatic carbocycles. The number of rotatable bonds is 5. The first-order valence-corrected chi connectivity index (χ1v) is 5.42. The summed E-state index contributed by atoms with van der Waals surface area (Å²) in [7, 11) is 1.67. The van der Waals surface area contributed by atoms with Crippen molar-refractivity contribution in [3.63, 3.8) is 0 Å². The molecule has 1 rings (SSSR count). The maximum Gasteiger partial charge on any atom is 0.122 e. The molecule has 1 unspecified atom stereocenters. The molecule has 0 aliphatic heterocycles. The fraction of sp³-hybridized carbons (Fsp3) is 0.538. The molecule has 0 aliphatic rings. The Labute approximate surface area is 91.9 Å². The highest BCUT2D eigenvalue weighted by Crippen LogP contribution is 2.30. The van der Waals surface area contributed by atoms with Gasteiger partial charge in [-0.15, -0.1) is 0 Å². The fourth-order valence-corrected chi connectivity index (χ4v) is 1.87. The van der Waals surface area contributed by atoms with E-state index in [1.54, 1.807) is 7.11 Å². The molecule has 0 fully saturated rings. The minimum absolute atomic E-state index is 0.179. The van der Waals surface area contributed by atoms with Crippen LogP contribution in [0.5, 0.6) is 5.75 Å². The van der Waals surface area contributed by atoms with Crippen LogP contribution in [0, 0.1) is 5.92 Å². The van der Waals surface area contributed by atoms with Gasteiger partial charge in [0, 0.05) is 5.92 Å². The van der Waals surface area contributed by atoms with Crippen molar-refractivity contribution in [1.29, 1.82) is 0 Å². The Morgan fingerprint density at radius 1 is 1.27 bits per heavy atom. The van der Waals surface area contributed by atoms with Crippen LogP contribution < -0.4 is 4.74 Å². The summed E-state index contributed by atoms with van der Waals surface area (Å²) in [6.45, 7) is 4.51. The Bertz CT molecular complexity index is 294. The monoisotopic (exact) mass is 208 g/mol. The van der Waals surface area contributed by atoms with Gasteiger partial charge < -0.3 is 9.84 Å². The topological polar surface area (TPSA) is 29.5 Å². The van der Waals surface area contributed by atoms with Gasteiger partial charge in [0.2, 0.25) is 0 Å². The van der Waals surface area contributed by atoms with Gasteiger partial charge in [-0.1, -0.05) is 32.0 Å². The molecule has 0 bridgehead atoms.